The lowest BCUT2D eigenvalue weighted by molar-refractivity contribution is 0.644. The molecule has 0 aliphatic heterocycles. The van der Waals surface area contributed by atoms with Crippen molar-refractivity contribution < 1.29 is 4.21 Å². The van der Waals surface area contributed by atoms with E-state index in [1.54, 1.807) is 6.26 Å². The van der Waals surface area contributed by atoms with Crippen LogP contribution in [0.1, 0.15) is 19.4 Å². The van der Waals surface area contributed by atoms with E-state index in [9.17, 15) is 4.21 Å². The lowest BCUT2D eigenvalue weighted by atomic mass is 10.1. The molecule has 0 N–H and O–H groups in total. The van der Waals surface area contributed by atoms with Crippen LogP contribution in [0.2, 0.25) is 0 Å². The van der Waals surface area contributed by atoms with Crippen LogP contribution in [0, 0.1) is 5.92 Å². The van der Waals surface area contributed by atoms with Gasteiger partial charge in [-0.3, -0.25) is 4.21 Å². The van der Waals surface area contributed by atoms with Crippen molar-refractivity contribution in [2.45, 2.75) is 25.3 Å². The minimum Gasteiger partial charge on any atom is -0.253 e. The van der Waals surface area contributed by atoms with Crippen LogP contribution in [0.3, 0.4) is 0 Å². The molecule has 2 nitrogen and oxygen atoms in total. The molecule has 1 aromatic rings. The van der Waals surface area contributed by atoms with Crippen molar-refractivity contribution in [1.29, 1.82) is 0 Å². The molecule has 0 saturated heterocycles. The van der Waals surface area contributed by atoms with Gasteiger partial charge in [-0.25, -0.2) is 4.98 Å². The van der Waals surface area contributed by atoms with E-state index in [0.717, 1.165) is 6.42 Å². The van der Waals surface area contributed by atoms with Crippen molar-refractivity contribution in [3.05, 3.63) is 23.9 Å². The molecule has 1 aromatic heterocycles. The number of pyridine rings is 1. The van der Waals surface area contributed by atoms with Gasteiger partial charge in [0.15, 0.2) is 0 Å². The van der Waals surface area contributed by atoms with Crippen LogP contribution in [-0.2, 0) is 17.2 Å². The van der Waals surface area contributed by atoms with Gasteiger partial charge < -0.3 is 0 Å². The average Bonchev–Trinajstić information content (AvgIpc) is 2.04. The fourth-order valence-corrected chi connectivity index (χ4v) is 1.63. The zero-order valence-corrected chi connectivity index (χ0v) is 9.10. The lowest BCUT2D eigenvalue weighted by Crippen LogP contribution is -1.97. The first-order valence-corrected chi connectivity index (χ1v) is 5.93. The Labute approximate surface area is 81.9 Å². The summed E-state index contributed by atoms with van der Waals surface area (Å²) in [7, 11) is -0.961. The topological polar surface area (TPSA) is 30.0 Å². The normalized spacial score (nSPS) is 13.2. The summed E-state index contributed by atoms with van der Waals surface area (Å²) in [5, 5.41) is 0.660. The van der Waals surface area contributed by atoms with Crippen LogP contribution in [-0.4, -0.2) is 15.4 Å². The minimum atomic E-state index is -0.961. The SMILES string of the molecule is CC(C)Cc1ccc(S(C)=O)nc1. The Balaban J connectivity index is 2.75. The molecular formula is C10H15NOS. The number of nitrogens with zero attached hydrogens (tertiary/aromatic N) is 1. The molecule has 13 heavy (non-hydrogen) atoms. The first-order valence-electron chi connectivity index (χ1n) is 4.38. The predicted molar refractivity (Wildman–Crippen MR) is 55.1 cm³/mol. The maximum Gasteiger partial charge on any atom is 0.126 e. The molecule has 0 amide bonds. The molecule has 72 valence electrons. The Morgan fingerprint density at radius 3 is 2.54 bits per heavy atom. The molecule has 0 fully saturated rings. The zero-order chi connectivity index (χ0) is 9.84. The smallest absolute Gasteiger partial charge is 0.126 e. The van der Waals surface area contributed by atoms with Crippen LogP contribution in [0.25, 0.3) is 0 Å². The maximum atomic E-state index is 11.0. The molecule has 0 bridgehead atoms. The molecule has 0 aliphatic carbocycles. The van der Waals surface area contributed by atoms with Crippen molar-refractivity contribution in [1.82, 2.24) is 4.98 Å². The van der Waals surface area contributed by atoms with Gasteiger partial charge in [0.25, 0.3) is 0 Å². The second kappa shape index (κ2) is 4.51. The summed E-state index contributed by atoms with van der Waals surface area (Å²) < 4.78 is 11.0. The van der Waals surface area contributed by atoms with Crippen LogP contribution in [0.5, 0.6) is 0 Å². The van der Waals surface area contributed by atoms with E-state index >= 15 is 0 Å². The van der Waals surface area contributed by atoms with Crippen molar-refractivity contribution >= 4 is 10.8 Å². The highest BCUT2D eigenvalue weighted by Crippen LogP contribution is 2.08. The van der Waals surface area contributed by atoms with Crippen LogP contribution < -0.4 is 0 Å². The molecule has 1 atom stereocenters. The summed E-state index contributed by atoms with van der Waals surface area (Å²) in [6.45, 7) is 4.35. The van der Waals surface area contributed by atoms with Crippen molar-refractivity contribution in [2.24, 2.45) is 5.92 Å². The fraction of sp³-hybridized carbons (Fsp3) is 0.500. The Hall–Kier alpha value is -0.700. The molecule has 0 aliphatic rings. The summed E-state index contributed by atoms with van der Waals surface area (Å²) in [5.41, 5.74) is 1.21. The number of rotatable bonds is 3. The first kappa shape index (κ1) is 10.4. The summed E-state index contributed by atoms with van der Waals surface area (Å²) in [6, 6.07) is 3.84. The zero-order valence-electron chi connectivity index (χ0n) is 8.28. The summed E-state index contributed by atoms with van der Waals surface area (Å²) in [5.74, 6) is 0.639. The highest BCUT2D eigenvalue weighted by atomic mass is 32.2. The number of hydrogen-bond donors (Lipinski definition) is 0. The van der Waals surface area contributed by atoms with E-state index in [2.05, 4.69) is 18.8 Å². The third kappa shape index (κ3) is 3.27. The fourth-order valence-electron chi connectivity index (χ4n) is 1.17. The van der Waals surface area contributed by atoms with Gasteiger partial charge in [-0.1, -0.05) is 19.9 Å². The van der Waals surface area contributed by atoms with Gasteiger partial charge in [0, 0.05) is 12.5 Å². The largest absolute Gasteiger partial charge is 0.253 e. The van der Waals surface area contributed by atoms with Gasteiger partial charge in [0.1, 0.15) is 5.03 Å². The van der Waals surface area contributed by atoms with E-state index in [-0.39, 0.29) is 0 Å². The highest BCUT2D eigenvalue weighted by molar-refractivity contribution is 7.84. The molecule has 0 spiro atoms. The van der Waals surface area contributed by atoms with Crippen molar-refractivity contribution in [3.63, 3.8) is 0 Å². The van der Waals surface area contributed by atoms with Gasteiger partial charge in [-0.15, -0.1) is 0 Å². The van der Waals surface area contributed by atoms with E-state index in [1.165, 1.54) is 5.56 Å². The van der Waals surface area contributed by atoms with Crippen molar-refractivity contribution in [2.75, 3.05) is 6.26 Å². The Kier molecular flexibility index (Phi) is 3.60. The van der Waals surface area contributed by atoms with E-state index in [0.29, 0.717) is 10.9 Å². The maximum absolute atomic E-state index is 11.0. The molecule has 1 unspecified atom stereocenters. The molecule has 0 saturated carbocycles. The summed E-state index contributed by atoms with van der Waals surface area (Å²) in [6.07, 6.45) is 4.49. The predicted octanol–water partition coefficient (Wildman–Crippen LogP) is 2.02. The molecular weight excluding hydrogens is 182 g/mol. The van der Waals surface area contributed by atoms with E-state index < -0.39 is 10.8 Å². The van der Waals surface area contributed by atoms with Gasteiger partial charge in [-0.05, 0) is 24.0 Å². The lowest BCUT2D eigenvalue weighted by Gasteiger charge is -2.04. The second-order valence-electron chi connectivity index (χ2n) is 3.56. The molecule has 0 radical (unpaired) electrons. The Morgan fingerprint density at radius 2 is 2.15 bits per heavy atom. The molecule has 1 heterocycles. The first-order chi connectivity index (χ1) is 6.09. The molecule has 3 heteroatoms. The van der Waals surface area contributed by atoms with Crippen LogP contribution in [0.15, 0.2) is 23.4 Å². The summed E-state index contributed by atoms with van der Waals surface area (Å²) >= 11 is 0. The number of hydrogen-bond acceptors (Lipinski definition) is 2. The van der Waals surface area contributed by atoms with Gasteiger partial charge >= 0.3 is 0 Å². The van der Waals surface area contributed by atoms with Gasteiger partial charge in [0.05, 0.1) is 10.8 Å². The van der Waals surface area contributed by atoms with E-state index in [4.69, 9.17) is 0 Å². The van der Waals surface area contributed by atoms with Crippen LogP contribution >= 0.6 is 0 Å². The Bertz CT molecular complexity index is 292. The highest BCUT2D eigenvalue weighted by Gasteiger charge is 2.00. The Morgan fingerprint density at radius 1 is 1.46 bits per heavy atom. The van der Waals surface area contributed by atoms with E-state index in [1.807, 2.05) is 18.3 Å². The summed E-state index contributed by atoms with van der Waals surface area (Å²) in [4.78, 5) is 4.13. The third-order valence-electron chi connectivity index (χ3n) is 1.74. The average molecular weight is 197 g/mol. The third-order valence-corrected chi connectivity index (χ3v) is 2.57. The molecule has 0 aromatic carbocycles. The van der Waals surface area contributed by atoms with Crippen molar-refractivity contribution in [3.8, 4) is 0 Å². The van der Waals surface area contributed by atoms with Crippen LogP contribution in [0.4, 0.5) is 0 Å². The second-order valence-corrected chi connectivity index (χ2v) is 4.88. The quantitative estimate of drug-likeness (QED) is 0.742. The van der Waals surface area contributed by atoms with Gasteiger partial charge in [0.2, 0.25) is 0 Å². The monoisotopic (exact) mass is 197 g/mol. The molecule has 1 rings (SSSR count). The standard InChI is InChI=1S/C10H15NOS/c1-8(2)6-9-4-5-10(11-7-9)13(3)12/h4-5,7-8H,6H2,1-3H3. The van der Waals surface area contributed by atoms with Gasteiger partial charge in [-0.2, -0.15) is 0 Å². The minimum absolute atomic E-state index is 0.639. The number of aromatic nitrogens is 1.